The summed E-state index contributed by atoms with van der Waals surface area (Å²) in [5.74, 6) is 0.0949. The van der Waals surface area contributed by atoms with Gasteiger partial charge in [-0.2, -0.15) is 4.31 Å². The predicted molar refractivity (Wildman–Crippen MR) is 148 cm³/mol. The molecule has 0 aromatic heterocycles. The SMILES string of the molecule is COc1cccc(C2(OC(=O)c3ccccc3)CCC(N(C)S(=O)(=O)c3ccccc3)CC2CN(C)C)c1. The highest BCUT2D eigenvalue weighted by Crippen LogP contribution is 2.48. The Morgan fingerprint density at radius 2 is 1.61 bits per heavy atom. The molecule has 0 heterocycles. The normalized spacial score (nSPS) is 21.8. The van der Waals surface area contributed by atoms with Crippen LogP contribution in [-0.4, -0.2) is 64.4 Å². The molecule has 7 nitrogen and oxygen atoms in total. The van der Waals surface area contributed by atoms with Crippen molar-refractivity contribution in [2.45, 2.75) is 35.8 Å². The molecule has 1 aliphatic rings. The van der Waals surface area contributed by atoms with Crippen LogP contribution in [0.2, 0.25) is 0 Å². The van der Waals surface area contributed by atoms with E-state index < -0.39 is 21.6 Å². The van der Waals surface area contributed by atoms with Gasteiger partial charge in [0.15, 0.2) is 0 Å². The maximum absolute atomic E-state index is 13.5. The quantitative estimate of drug-likeness (QED) is 0.366. The van der Waals surface area contributed by atoms with Crippen LogP contribution in [0, 0.1) is 5.92 Å². The topological polar surface area (TPSA) is 76.1 Å². The van der Waals surface area contributed by atoms with E-state index in [9.17, 15) is 13.2 Å². The molecule has 0 radical (unpaired) electrons. The number of esters is 1. The minimum absolute atomic E-state index is 0.176. The van der Waals surface area contributed by atoms with Crippen LogP contribution in [0.1, 0.15) is 35.2 Å². The minimum Gasteiger partial charge on any atom is -0.497 e. The van der Waals surface area contributed by atoms with E-state index >= 15 is 0 Å². The molecule has 1 saturated carbocycles. The van der Waals surface area contributed by atoms with Crippen molar-refractivity contribution in [2.24, 2.45) is 5.92 Å². The number of carbonyl (C=O) groups is 1. The molecule has 202 valence electrons. The molecule has 0 bridgehead atoms. The maximum atomic E-state index is 13.5. The van der Waals surface area contributed by atoms with Gasteiger partial charge in [0.05, 0.1) is 17.6 Å². The highest BCUT2D eigenvalue weighted by molar-refractivity contribution is 7.89. The fourth-order valence-electron chi connectivity index (χ4n) is 5.43. The monoisotopic (exact) mass is 536 g/mol. The van der Waals surface area contributed by atoms with Crippen molar-refractivity contribution in [1.82, 2.24) is 9.21 Å². The number of hydrogen-bond acceptors (Lipinski definition) is 6. The first-order chi connectivity index (χ1) is 18.2. The van der Waals surface area contributed by atoms with Crippen molar-refractivity contribution in [1.29, 1.82) is 0 Å². The lowest BCUT2D eigenvalue weighted by Gasteiger charge is -2.48. The van der Waals surface area contributed by atoms with Crippen LogP contribution < -0.4 is 4.74 Å². The number of ether oxygens (including phenoxy) is 2. The molecule has 4 rings (SSSR count). The van der Waals surface area contributed by atoms with E-state index in [0.717, 1.165) is 5.56 Å². The van der Waals surface area contributed by atoms with E-state index in [1.807, 2.05) is 56.6 Å². The molecule has 0 aliphatic heterocycles. The molecule has 1 aliphatic carbocycles. The standard InChI is InChI=1S/C30H36N2O5S/c1-31(2)22-25-20-26(32(3)38(34,35)28-16-9-6-10-17-28)18-19-30(25,24-14-11-15-27(21-24)36-4)37-29(33)23-12-7-5-8-13-23/h5-17,21,25-26H,18-20,22H2,1-4H3. The second kappa shape index (κ2) is 11.7. The van der Waals surface area contributed by atoms with E-state index in [2.05, 4.69) is 4.90 Å². The summed E-state index contributed by atoms with van der Waals surface area (Å²) in [6.07, 6.45) is 1.53. The summed E-state index contributed by atoms with van der Waals surface area (Å²) in [6, 6.07) is 24.9. The maximum Gasteiger partial charge on any atom is 0.339 e. The third kappa shape index (κ3) is 5.77. The van der Waals surface area contributed by atoms with Crippen LogP contribution >= 0.6 is 0 Å². The van der Waals surface area contributed by atoms with Gasteiger partial charge in [-0.3, -0.25) is 0 Å². The second-order valence-electron chi connectivity index (χ2n) is 10.1. The largest absolute Gasteiger partial charge is 0.497 e. The molecule has 3 aromatic rings. The van der Waals surface area contributed by atoms with E-state index in [-0.39, 0.29) is 16.9 Å². The molecule has 0 amide bonds. The lowest BCUT2D eigenvalue weighted by molar-refractivity contribution is -0.0916. The summed E-state index contributed by atoms with van der Waals surface area (Å²) in [7, 11) is 3.53. The van der Waals surface area contributed by atoms with Crippen molar-refractivity contribution < 1.29 is 22.7 Å². The number of nitrogens with zero attached hydrogens (tertiary/aromatic N) is 2. The Kier molecular flexibility index (Phi) is 8.55. The molecule has 3 unspecified atom stereocenters. The third-order valence-electron chi connectivity index (χ3n) is 7.43. The zero-order valence-corrected chi connectivity index (χ0v) is 23.2. The van der Waals surface area contributed by atoms with Crippen molar-refractivity contribution >= 4 is 16.0 Å². The number of hydrogen-bond donors (Lipinski definition) is 0. The fourth-order valence-corrected chi connectivity index (χ4v) is 6.85. The van der Waals surface area contributed by atoms with Gasteiger partial charge in [-0.05, 0) is 75.3 Å². The van der Waals surface area contributed by atoms with E-state index in [4.69, 9.17) is 9.47 Å². The van der Waals surface area contributed by atoms with Crippen LogP contribution in [0.15, 0.2) is 89.8 Å². The van der Waals surface area contributed by atoms with Gasteiger partial charge in [0.1, 0.15) is 11.4 Å². The van der Waals surface area contributed by atoms with Gasteiger partial charge in [-0.25, -0.2) is 13.2 Å². The van der Waals surface area contributed by atoms with Gasteiger partial charge in [-0.15, -0.1) is 0 Å². The van der Waals surface area contributed by atoms with Gasteiger partial charge in [0.2, 0.25) is 10.0 Å². The summed E-state index contributed by atoms with van der Waals surface area (Å²) in [5, 5.41) is 0. The summed E-state index contributed by atoms with van der Waals surface area (Å²) in [4.78, 5) is 15.8. The molecule has 1 fully saturated rings. The van der Waals surface area contributed by atoms with Crippen LogP contribution in [0.25, 0.3) is 0 Å². The number of carbonyl (C=O) groups excluding carboxylic acids is 1. The first-order valence-corrected chi connectivity index (χ1v) is 14.2. The Labute approximate surface area is 226 Å². The molecule has 0 saturated heterocycles. The van der Waals surface area contributed by atoms with Crippen molar-refractivity contribution in [2.75, 3.05) is 34.8 Å². The van der Waals surface area contributed by atoms with E-state index in [1.54, 1.807) is 56.6 Å². The second-order valence-corrected chi connectivity index (χ2v) is 12.1. The summed E-state index contributed by atoms with van der Waals surface area (Å²) < 4.78 is 40.4. The average Bonchev–Trinajstić information content (AvgIpc) is 2.94. The number of sulfonamides is 1. The fraction of sp³-hybridized carbons (Fsp3) is 0.367. The highest BCUT2D eigenvalue weighted by atomic mass is 32.2. The Morgan fingerprint density at radius 3 is 2.24 bits per heavy atom. The number of benzene rings is 3. The van der Waals surface area contributed by atoms with Crippen LogP contribution in [0.3, 0.4) is 0 Å². The van der Waals surface area contributed by atoms with Crippen LogP contribution in [0.4, 0.5) is 0 Å². The predicted octanol–water partition coefficient (Wildman–Crippen LogP) is 4.80. The summed E-state index contributed by atoms with van der Waals surface area (Å²) >= 11 is 0. The third-order valence-corrected chi connectivity index (χ3v) is 9.35. The zero-order valence-electron chi connectivity index (χ0n) is 22.4. The van der Waals surface area contributed by atoms with E-state index in [1.165, 1.54) is 4.31 Å². The van der Waals surface area contributed by atoms with Gasteiger partial charge < -0.3 is 14.4 Å². The summed E-state index contributed by atoms with van der Waals surface area (Å²) in [6.45, 7) is 0.606. The Bertz CT molecular complexity index is 1330. The van der Waals surface area contributed by atoms with Gasteiger partial charge in [0.25, 0.3) is 0 Å². The lowest BCUT2D eigenvalue weighted by Crippen LogP contribution is -2.52. The lowest BCUT2D eigenvalue weighted by atomic mass is 9.69. The molecule has 3 atom stereocenters. The molecule has 38 heavy (non-hydrogen) atoms. The van der Waals surface area contributed by atoms with Gasteiger partial charge in [0, 0.05) is 25.6 Å². The Morgan fingerprint density at radius 1 is 0.947 bits per heavy atom. The Hall–Kier alpha value is -3.20. The van der Waals surface area contributed by atoms with E-state index in [0.29, 0.717) is 37.1 Å². The molecule has 8 heteroatoms. The van der Waals surface area contributed by atoms with Crippen molar-refractivity contribution in [3.8, 4) is 5.75 Å². The average molecular weight is 537 g/mol. The molecular formula is C30H36N2O5S. The highest BCUT2D eigenvalue weighted by Gasteiger charge is 2.50. The molecule has 3 aromatic carbocycles. The zero-order chi connectivity index (χ0) is 27.3. The summed E-state index contributed by atoms with van der Waals surface area (Å²) in [5.41, 5.74) is 0.365. The first-order valence-electron chi connectivity index (χ1n) is 12.8. The van der Waals surface area contributed by atoms with Crippen LogP contribution in [0.5, 0.6) is 5.75 Å². The van der Waals surface area contributed by atoms with Gasteiger partial charge >= 0.3 is 5.97 Å². The number of methoxy groups -OCH3 is 1. The Balaban J connectivity index is 1.74. The van der Waals surface area contributed by atoms with Gasteiger partial charge in [-0.1, -0.05) is 48.5 Å². The van der Waals surface area contributed by atoms with Crippen LogP contribution in [-0.2, 0) is 20.4 Å². The minimum atomic E-state index is -3.68. The number of rotatable bonds is 9. The first kappa shape index (κ1) is 27.8. The molecule has 0 N–H and O–H groups in total. The smallest absolute Gasteiger partial charge is 0.339 e. The van der Waals surface area contributed by atoms with Crippen molar-refractivity contribution in [3.05, 3.63) is 96.1 Å². The molecule has 0 spiro atoms. The van der Waals surface area contributed by atoms with Crippen molar-refractivity contribution in [3.63, 3.8) is 0 Å². The molecular weight excluding hydrogens is 500 g/mol.